The molecule has 1 saturated heterocycles. The third-order valence-electron chi connectivity index (χ3n) is 5.96. The van der Waals surface area contributed by atoms with Gasteiger partial charge in [-0.05, 0) is 42.8 Å². The zero-order chi connectivity index (χ0) is 21.5. The maximum Gasteiger partial charge on any atom is 0.227 e. The Bertz CT molecular complexity index is 1280. The van der Waals surface area contributed by atoms with E-state index in [1.54, 1.807) is 0 Å². The molecule has 6 heteroatoms. The fraction of sp³-hybridized carbons (Fsp3) is 0.200. The second kappa shape index (κ2) is 8.03. The van der Waals surface area contributed by atoms with E-state index in [1.807, 2.05) is 78.6 Å². The molecule has 1 atom stereocenters. The summed E-state index contributed by atoms with van der Waals surface area (Å²) < 4.78 is 2.15. The average Bonchev–Trinajstić information content (AvgIpc) is 3.32. The fourth-order valence-electron chi connectivity index (χ4n) is 4.39. The molecule has 2 heterocycles. The molecule has 4 aromatic rings. The molecule has 1 aliphatic rings. The minimum atomic E-state index is -0.0132. The maximum absolute atomic E-state index is 13.0. The number of para-hydroxylation sites is 3. The number of hydrogen-bond donors (Lipinski definition) is 0. The van der Waals surface area contributed by atoms with Gasteiger partial charge in [0.1, 0.15) is 5.82 Å². The highest BCUT2D eigenvalue weighted by molar-refractivity contribution is 6.36. The molecule has 5 rings (SSSR count). The minimum absolute atomic E-state index is 0.0132. The number of anilines is 1. The Hall–Kier alpha value is -2.82. The van der Waals surface area contributed by atoms with Crippen LogP contribution in [-0.4, -0.2) is 22.0 Å². The molecule has 1 amide bonds. The first kappa shape index (κ1) is 20.1. The van der Waals surface area contributed by atoms with Crippen molar-refractivity contribution in [2.45, 2.75) is 25.8 Å². The molecule has 0 N–H and O–H groups in total. The topological polar surface area (TPSA) is 38.1 Å². The van der Waals surface area contributed by atoms with Crippen LogP contribution in [0.15, 0.2) is 66.7 Å². The third kappa shape index (κ3) is 3.60. The van der Waals surface area contributed by atoms with Gasteiger partial charge in [-0.3, -0.25) is 4.79 Å². The predicted molar refractivity (Wildman–Crippen MR) is 126 cm³/mol. The standard InChI is InChI=1S/C25H21Cl2N3O/c1-16-7-2-4-11-22(16)29-14-17(13-24(29)31)25-28-21-10-3-5-12-23(21)30(25)15-18-19(26)8-6-9-20(18)27/h2-12,17H,13-15H2,1H3. The molecule has 1 aliphatic heterocycles. The van der Waals surface area contributed by atoms with Crippen LogP contribution < -0.4 is 4.90 Å². The quantitative estimate of drug-likeness (QED) is 0.370. The number of fused-ring (bicyclic) bond motifs is 1. The summed E-state index contributed by atoms with van der Waals surface area (Å²) in [5.41, 5.74) is 4.83. The molecule has 0 bridgehead atoms. The normalized spacial score (nSPS) is 16.4. The van der Waals surface area contributed by atoms with Gasteiger partial charge in [-0.1, -0.05) is 59.6 Å². The summed E-state index contributed by atoms with van der Waals surface area (Å²) in [6, 6.07) is 21.6. The number of hydrogen-bond acceptors (Lipinski definition) is 2. The van der Waals surface area contributed by atoms with Gasteiger partial charge < -0.3 is 9.47 Å². The zero-order valence-electron chi connectivity index (χ0n) is 17.1. The summed E-state index contributed by atoms with van der Waals surface area (Å²) in [5.74, 6) is 0.996. The van der Waals surface area contributed by atoms with E-state index in [1.165, 1.54) is 0 Å². The van der Waals surface area contributed by atoms with Crippen molar-refractivity contribution in [3.63, 3.8) is 0 Å². The summed E-state index contributed by atoms with van der Waals surface area (Å²) in [6.45, 7) is 3.14. The van der Waals surface area contributed by atoms with Crippen LogP contribution in [-0.2, 0) is 11.3 Å². The van der Waals surface area contributed by atoms with Gasteiger partial charge in [0, 0.05) is 40.2 Å². The van der Waals surface area contributed by atoms with Crippen molar-refractivity contribution < 1.29 is 4.79 Å². The van der Waals surface area contributed by atoms with Gasteiger partial charge in [-0.15, -0.1) is 0 Å². The number of rotatable bonds is 4. The number of aromatic nitrogens is 2. The number of nitrogens with zero attached hydrogens (tertiary/aromatic N) is 3. The summed E-state index contributed by atoms with van der Waals surface area (Å²) in [5, 5.41) is 1.25. The van der Waals surface area contributed by atoms with Crippen LogP contribution in [0.1, 0.15) is 29.3 Å². The summed E-state index contributed by atoms with van der Waals surface area (Å²) in [7, 11) is 0. The van der Waals surface area contributed by atoms with Crippen molar-refractivity contribution in [3.05, 3.63) is 93.7 Å². The smallest absolute Gasteiger partial charge is 0.227 e. The van der Waals surface area contributed by atoms with E-state index in [9.17, 15) is 4.79 Å². The highest BCUT2D eigenvalue weighted by Gasteiger charge is 2.35. The highest BCUT2D eigenvalue weighted by atomic mass is 35.5. The number of amides is 1. The molecule has 4 nitrogen and oxygen atoms in total. The Morgan fingerprint density at radius 1 is 0.968 bits per heavy atom. The summed E-state index contributed by atoms with van der Waals surface area (Å²) in [4.78, 5) is 19.8. The van der Waals surface area contributed by atoms with Crippen LogP contribution in [0.5, 0.6) is 0 Å². The van der Waals surface area contributed by atoms with Gasteiger partial charge in [0.25, 0.3) is 0 Å². The van der Waals surface area contributed by atoms with E-state index in [0.29, 0.717) is 29.6 Å². The number of carbonyl (C=O) groups excluding carboxylic acids is 1. The lowest BCUT2D eigenvalue weighted by molar-refractivity contribution is -0.117. The van der Waals surface area contributed by atoms with Crippen molar-refractivity contribution in [1.82, 2.24) is 9.55 Å². The molecular weight excluding hydrogens is 429 g/mol. The molecule has 1 fully saturated rings. The van der Waals surface area contributed by atoms with E-state index >= 15 is 0 Å². The first-order valence-electron chi connectivity index (χ1n) is 10.3. The van der Waals surface area contributed by atoms with Crippen molar-refractivity contribution >= 4 is 45.8 Å². The van der Waals surface area contributed by atoms with Gasteiger partial charge in [-0.25, -0.2) is 4.98 Å². The molecule has 156 valence electrons. The largest absolute Gasteiger partial charge is 0.323 e. The SMILES string of the molecule is Cc1ccccc1N1CC(c2nc3ccccc3n2Cc2c(Cl)cccc2Cl)CC1=O. The van der Waals surface area contributed by atoms with Gasteiger partial charge in [0.05, 0.1) is 17.6 Å². The van der Waals surface area contributed by atoms with Crippen LogP contribution in [0.25, 0.3) is 11.0 Å². The molecular formula is C25H21Cl2N3O. The molecule has 31 heavy (non-hydrogen) atoms. The Kier molecular flexibility index (Phi) is 5.20. The lowest BCUT2D eigenvalue weighted by atomic mass is 10.1. The Morgan fingerprint density at radius 3 is 2.45 bits per heavy atom. The molecule has 1 unspecified atom stereocenters. The summed E-state index contributed by atoms with van der Waals surface area (Å²) in [6.07, 6.45) is 0.425. The Morgan fingerprint density at radius 2 is 1.68 bits per heavy atom. The second-order valence-corrected chi connectivity index (χ2v) is 8.75. The van der Waals surface area contributed by atoms with Gasteiger partial charge in [0.15, 0.2) is 0 Å². The van der Waals surface area contributed by atoms with Crippen LogP contribution in [0.3, 0.4) is 0 Å². The zero-order valence-corrected chi connectivity index (χ0v) is 18.6. The maximum atomic E-state index is 13.0. The molecule has 0 radical (unpaired) electrons. The van der Waals surface area contributed by atoms with E-state index < -0.39 is 0 Å². The van der Waals surface area contributed by atoms with Crippen LogP contribution in [0.2, 0.25) is 10.0 Å². The first-order chi connectivity index (χ1) is 15.0. The van der Waals surface area contributed by atoms with Crippen molar-refractivity contribution in [2.75, 3.05) is 11.4 Å². The monoisotopic (exact) mass is 449 g/mol. The number of carbonyl (C=O) groups is 1. The van der Waals surface area contributed by atoms with E-state index in [4.69, 9.17) is 28.2 Å². The lowest BCUT2D eigenvalue weighted by Crippen LogP contribution is -2.25. The van der Waals surface area contributed by atoms with E-state index in [2.05, 4.69) is 4.57 Å². The molecule has 0 saturated carbocycles. The second-order valence-electron chi connectivity index (χ2n) is 7.94. The first-order valence-corrected chi connectivity index (χ1v) is 11.0. The summed E-state index contributed by atoms with van der Waals surface area (Å²) >= 11 is 12.9. The molecule has 0 spiro atoms. The molecule has 3 aromatic carbocycles. The Balaban J connectivity index is 1.57. The predicted octanol–water partition coefficient (Wildman–Crippen LogP) is 6.22. The van der Waals surface area contributed by atoms with E-state index in [0.717, 1.165) is 33.7 Å². The highest BCUT2D eigenvalue weighted by Crippen LogP contribution is 2.35. The van der Waals surface area contributed by atoms with E-state index in [-0.39, 0.29) is 11.8 Å². The fourth-order valence-corrected chi connectivity index (χ4v) is 4.91. The van der Waals surface area contributed by atoms with Crippen LogP contribution >= 0.6 is 23.2 Å². The number of halogens is 2. The average molecular weight is 450 g/mol. The van der Waals surface area contributed by atoms with Crippen LogP contribution in [0.4, 0.5) is 5.69 Å². The minimum Gasteiger partial charge on any atom is -0.323 e. The molecule has 0 aliphatic carbocycles. The third-order valence-corrected chi connectivity index (χ3v) is 6.67. The molecule has 1 aromatic heterocycles. The van der Waals surface area contributed by atoms with Crippen molar-refractivity contribution in [2.24, 2.45) is 0 Å². The number of aryl methyl sites for hydroxylation is 1. The van der Waals surface area contributed by atoms with Crippen LogP contribution in [0, 0.1) is 6.92 Å². The van der Waals surface area contributed by atoms with Crippen molar-refractivity contribution in [1.29, 1.82) is 0 Å². The Labute approximate surface area is 191 Å². The number of imidazole rings is 1. The lowest BCUT2D eigenvalue weighted by Gasteiger charge is -2.19. The van der Waals surface area contributed by atoms with Crippen molar-refractivity contribution in [3.8, 4) is 0 Å². The van der Waals surface area contributed by atoms with Gasteiger partial charge in [0.2, 0.25) is 5.91 Å². The number of benzene rings is 3. The van der Waals surface area contributed by atoms with Gasteiger partial charge >= 0.3 is 0 Å². The van der Waals surface area contributed by atoms with Gasteiger partial charge in [-0.2, -0.15) is 0 Å².